The van der Waals surface area contributed by atoms with Crippen LogP contribution in [0.2, 0.25) is 0 Å². The molecule has 27 heavy (non-hydrogen) atoms. The highest BCUT2D eigenvalue weighted by Gasteiger charge is 2.22. The molecule has 0 amide bonds. The van der Waals surface area contributed by atoms with Crippen molar-refractivity contribution in [2.45, 2.75) is 49.3 Å². The summed E-state index contributed by atoms with van der Waals surface area (Å²) in [7, 11) is 0. The number of hydrogen-bond acceptors (Lipinski definition) is 7. The second-order valence-corrected chi connectivity index (χ2v) is 8.50. The fourth-order valence-corrected chi connectivity index (χ4v) is 5.88. The molecule has 1 aliphatic rings. The van der Waals surface area contributed by atoms with Crippen molar-refractivity contribution in [1.82, 2.24) is 29.7 Å². The van der Waals surface area contributed by atoms with Crippen LogP contribution in [0.4, 0.5) is 0 Å². The van der Waals surface area contributed by atoms with E-state index < -0.39 is 0 Å². The molecule has 1 aliphatic carbocycles. The molecule has 0 aliphatic heterocycles. The number of rotatable bonds is 4. The molecule has 0 radical (unpaired) electrons. The van der Waals surface area contributed by atoms with Gasteiger partial charge < -0.3 is 4.57 Å². The highest BCUT2D eigenvalue weighted by Crippen LogP contribution is 2.41. The van der Waals surface area contributed by atoms with Crippen molar-refractivity contribution in [3.63, 3.8) is 0 Å². The van der Waals surface area contributed by atoms with E-state index in [2.05, 4.69) is 36.6 Å². The van der Waals surface area contributed by atoms with Crippen LogP contribution in [0.15, 0.2) is 41.0 Å². The lowest BCUT2D eigenvalue weighted by Crippen LogP contribution is -2.01. The van der Waals surface area contributed by atoms with Gasteiger partial charge in [-0.25, -0.2) is 9.97 Å². The number of fused-ring (bicyclic) bond motifs is 3. The zero-order chi connectivity index (χ0) is 18.2. The van der Waals surface area contributed by atoms with Crippen molar-refractivity contribution in [3.05, 3.63) is 41.3 Å². The van der Waals surface area contributed by atoms with Crippen LogP contribution in [0.1, 0.15) is 30.2 Å². The quantitative estimate of drug-likeness (QED) is 0.478. The van der Waals surface area contributed by atoms with Crippen molar-refractivity contribution in [2.24, 2.45) is 0 Å². The molecule has 0 unspecified atom stereocenters. The maximum absolute atomic E-state index is 4.61. The SMILES string of the molecule is CCn1c(Sc2ncnc3sc4c(c23)CCCC4)nnc1-c1ccncc1. The minimum absolute atomic E-state index is 0.795. The van der Waals surface area contributed by atoms with Gasteiger partial charge in [0, 0.05) is 34.8 Å². The van der Waals surface area contributed by atoms with E-state index in [1.165, 1.54) is 28.7 Å². The molecule has 0 saturated heterocycles. The zero-order valence-electron chi connectivity index (χ0n) is 14.9. The second-order valence-electron chi connectivity index (χ2n) is 6.46. The van der Waals surface area contributed by atoms with Crippen LogP contribution in [0.3, 0.4) is 0 Å². The van der Waals surface area contributed by atoms with Gasteiger partial charge in [0.2, 0.25) is 0 Å². The summed E-state index contributed by atoms with van der Waals surface area (Å²) < 4.78 is 2.13. The summed E-state index contributed by atoms with van der Waals surface area (Å²) in [6.45, 7) is 2.91. The highest BCUT2D eigenvalue weighted by atomic mass is 32.2. The normalized spacial score (nSPS) is 13.8. The number of thiophene rings is 1. The van der Waals surface area contributed by atoms with Crippen molar-refractivity contribution >= 4 is 33.3 Å². The minimum Gasteiger partial charge on any atom is -0.302 e. The van der Waals surface area contributed by atoms with Gasteiger partial charge in [-0.3, -0.25) is 4.98 Å². The van der Waals surface area contributed by atoms with Crippen LogP contribution in [0.25, 0.3) is 21.6 Å². The van der Waals surface area contributed by atoms with Crippen molar-refractivity contribution in [1.29, 1.82) is 0 Å². The molecule has 5 rings (SSSR count). The Bertz CT molecular complexity index is 1100. The van der Waals surface area contributed by atoms with Gasteiger partial charge in [-0.1, -0.05) is 0 Å². The lowest BCUT2D eigenvalue weighted by molar-refractivity contribution is 0.686. The predicted octanol–water partition coefficient (Wildman–Crippen LogP) is 4.39. The Morgan fingerprint density at radius 3 is 2.81 bits per heavy atom. The number of aryl methyl sites for hydroxylation is 2. The van der Waals surface area contributed by atoms with Gasteiger partial charge in [0.25, 0.3) is 0 Å². The fraction of sp³-hybridized carbons (Fsp3) is 0.316. The van der Waals surface area contributed by atoms with Crippen molar-refractivity contribution < 1.29 is 0 Å². The van der Waals surface area contributed by atoms with Gasteiger partial charge in [0.1, 0.15) is 16.2 Å². The smallest absolute Gasteiger partial charge is 0.197 e. The first-order chi connectivity index (χ1) is 13.3. The molecule has 0 saturated carbocycles. The monoisotopic (exact) mass is 394 g/mol. The lowest BCUT2D eigenvalue weighted by atomic mass is 9.97. The maximum Gasteiger partial charge on any atom is 0.197 e. The Balaban J connectivity index is 1.58. The standard InChI is InChI=1S/C19H18N6S2/c1-2-25-16(12-7-9-20-10-8-12)23-24-19(25)27-18-15-13-5-3-4-6-14(13)26-17(15)21-11-22-18/h7-11H,2-6H2,1H3. The van der Waals surface area contributed by atoms with Crippen molar-refractivity contribution in [2.75, 3.05) is 0 Å². The van der Waals surface area contributed by atoms with Crippen LogP contribution >= 0.6 is 23.1 Å². The molecule has 0 atom stereocenters. The van der Waals surface area contributed by atoms with E-state index in [4.69, 9.17) is 0 Å². The third kappa shape index (κ3) is 2.93. The van der Waals surface area contributed by atoms with E-state index in [0.29, 0.717) is 0 Å². The molecule has 4 heterocycles. The number of nitrogens with zero attached hydrogens (tertiary/aromatic N) is 6. The molecule has 0 fully saturated rings. The summed E-state index contributed by atoms with van der Waals surface area (Å²) in [5.41, 5.74) is 2.47. The number of hydrogen-bond donors (Lipinski definition) is 0. The first-order valence-electron chi connectivity index (χ1n) is 9.12. The molecule has 8 heteroatoms. The maximum atomic E-state index is 4.61. The topological polar surface area (TPSA) is 69.4 Å². The van der Waals surface area contributed by atoms with Gasteiger partial charge in [-0.05, 0) is 62.1 Å². The largest absolute Gasteiger partial charge is 0.302 e. The van der Waals surface area contributed by atoms with E-state index >= 15 is 0 Å². The Labute approximate surface area is 165 Å². The molecule has 0 N–H and O–H groups in total. The van der Waals surface area contributed by atoms with Crippen LogP contribution in [0.5, 0.6) is 0 Å². The van der Waals surface area contributed by atoms with Crippen LogP contribution in [-0.2, 0) is 19.4 Å². The molecule has 4 aromatic heterocycles. The van der Waals surface area contributed by atoms with E-state index in [1.807, 2.05) is 23.5 Å². The van der Waals surface area contributed by atoms with E-state index in [-0.39, 0.29) is 0 Å². The molecule has 136 valence electrons. The van der Waals surface area contributed by atoms with E-state index in [9.17, 15) is 0 Å². The van der Waals surface area contributed by atoms with E-state index in [0.717, 1.165) is 45.8 Å². The molecule has 0 bridgehead atoms. The van der Waals surface area contributed by atoms with Crippen LogP contribution < -0.4 is 0 Å². The Hall–Kier alpha value is -2.32. The average Bonchev–Trinajstić information content (AvgIpc) is 3.30. The molecular formula is C19H18N6S2. The Morgan fingerprint density at radius 1 is 1.11 bits per heavy atom. The summed E-state index contributed by atoms with van der Waals surface area (Å²) in [5, 5.41) is 12.0. The third-order valence-electron chi connectivity index (χ3n) is 4.88. The fourth-order valence-electron chi connectivity index (χ4n) is 3.59. The van der Waals surface area contributed by atoms with Gasteiger partial charge >= 0.3 is 0 Å². The first kappa shape index (κ1) is 16.8. The summed E-state index contributed by atoms with van der Waals surface area (Å²) in [6, 6.07) is 3.92. The summed E-state index contributed by atoms with van der Waals surface area (Å²) in [5.74, 6) is 0.861. The summed E-state index contributed by atoms with van der Waals surface area (Å²) in [6.07, 6.45) is 10.0. The van der Waals surface area contributed by atoms with Gasteiger partial charge in [0.15, 0.2) is 11.0 Å². The van der Waals surface area contributed by atoms with Gasteiger partial charge in [-0.15, -0.1) is 21.5 Å². The average molecular weight is 395 g/mol. The number of pyridine rings is 1. The zero-order valence-corrected chi connectivity index (χ0v) is 16.6. The molecule has 0 aromatic carbocycles. The minimum atomic E-state index is 0.795. The summed E-state index contributed by atoms with van der Waals surface area (Å²) in [4.78, 5) is 15.8. The van der Waals surface area contributed by atoms with Gasteiger partial charge in [-0.2, -0.15) is 0 Å². The first-order valence-corrected chi connectivity index (χ1v) is 10.7. The summed E-state index contributed by atoms with van der Waals surface area (Å²) >= 11 is 3.41. The van der Waals surface area contributed by atoms with Crippen molar-refractivity contribution in [3.8, 4) is 11.4 Å². The molecule has 6 nitrogen and oxygen atoms in total. The Morgan fingerprint density at radius 2 is 1.96 bits per heavy atom. The second kappa shape index (κ2) is 7.01. The molecular weight excluding hydrogens is 376 g/mol. The Kier molecular flexibility index (Phi) is 4.37. The van der Waals surface area contributed by atoms with E-state index in [1.54, 1.807) is 30.5 Å². The molecule has 4 aromatic rings. The van der Waals surface area contributed by atoms with Crippen LogP contribution in [0, 0.1) is 0 Å². The van der Waals surface area contributed by atoms with Crippen LogP contribution in [-0.4, -0.2) is 29.7 Å². The van der Waals surface area contributed by atoms with Gasteiger partial charge in [0.05, 0.1) is 0 Å². The predicted molar refractivity (Wildman–Crippen MR) is 107 cm³/mol. The highest BCUT2D eigenvalue weighted by molar-refractivity contribution is 7.99. The lowest BCUT2D eigenvalue weighted by Gasteiger charge is -2.11. The number of aromatic nitrogens is 6. The molecule has 0 spiro atoms. The third-order valence-corrected chi connectivity index (χ3v) is 7.06.